The Hall–Kier alpha value is -1.04. The molecule has 0 spiro atoms. The molecule has 15 heavy (non-hydrogen) atoms. The van der Waals surface area contributed by atoms with Crippen LogP contribution in [0, 0.1) is 0 Å². The lowest BCUT2D eigenvalue weighted by atomic mass is 9.78. The van der Waals surface area contributed by atoms with Crippen LogP contribution in [0.5, 0.6) is 0 Å². The Balaban J connectivity index is 3.06. The molecule has 1 rings (SSSR count). The van der Waals surface area contributed by atoms with Crippen LogP contribution in [0.15, 0.2) is 42.0 Å². The molecule has 0 heteroatoms. The van der Waals surface area contributed by atoms with Crippen LogP contribution in [0.25, 0.3) is 0 Å². The minimum absolute atomic E-state index is 0.196. The number of rotatable bonds is 4. The predicted molar refractivity (Wildman–Crippen MR) is 68.1 cm³/mol. The third-order valence-electron chi connectivity index (χ3n) is 3.29. The van der Waals surface area contributed by atoms with E-state index in [-0.39, 0.29) is 5.41 Å². The summed E-state index contributed by atoms with van der Waals surface area (Å²) in [7, 11) is 0. The van der Waals surface area contributed by atoms with E-state index in [1.165, 1.54) is 11.1 Å². The van der Waals surface area contributed by atoms with Gasteiger partial charge in [0.15, 0.2) is 0 Å². The van der Waals surface area contributed by atoms with Crippen LogP contribution in [-0.4, -0.2) is 0 Å². The van der Waals surface area contributed by atoms with Gasteiger partial charge in [-0.05, 0) is 25.3 Å². The van der Waals surface area contributed by atoms with Crippen LogP contribution < -0.4 is 0 Å². The molecular formula is C15H22. The minimum Gasteiger partial charge on any atom is -0.0767 e. The van der Waals surface area contributed by atoms with Gasteiger partial charge in [0.1, 0.15) is 0 Å². The molecule has 0 N–H and O–H groups in total. The highest BCUT2D eigenvalue weighted by Gasteiger charge is 2.21. The summed E-state index contributed by atoms with van der Waals surface area (Å²) in [6.45, 7) is 9.01. The van der Waals surface area contributed by atoms with E-state index in [2.05, 4.69) is 64.1 Å². The van der Waals surface area contributed by atoms with Gasteiger partial charge in [-0.1, -0.05) is 62.8 Å². The van der Waals surface area contributed by atoms with Gasteiger partial charge in [0.05, 0.1) is 0 Å². The molecule has 0 aromatic heterocycles. The maximum absolute atomic E-state index is 2.42. The van der Waals surface area contributed by atoms with Crippen molar-refractivity contribution >= 4 is 0 Å². The van der Waals surface area contributed by atoms with Gasteiger partial charge in [-0.25, -0.2) is 0 Å². The first-order valence-electron chi connectivity index (χ1n) is 5.86. The molecule has 1 aromatic rings. The highest BCUT2D eigenvalue weighted by atomic mass is 14.2. The summed E-state index contributed by atoms with van der Waals surface area (Å²) in [6, 6.07) is 10.8. The van der Waals surface area contributed by atoms with Gasteiger partial charge in [-0.3, -0.25) is 0 Å². The normalized spacial score (nSPS) is 16.1. The van der Waals surface area contributed by atoms with E-state index in [1.807, 2.05) is 0 Å². The van der Waals surface area contributed by atoms with E-state index >= 15 is 0 Å². The smallest absolute Gasteiger partial charge is 0.0103 e. The summed E-state index contributed by atoms with van der Waals surface area (Å²) in [4.78, 5) is 0. The van der Waals surface area contributed by atoms with Crippen molar-refractivity contribution in [3.8, 4) is 0 Å². The summed E-state index contributed by atoms with van der Waals surface area (Å²) < 4.78 is 0. The molecule has 0 amide bonds. The highest BCUT2D eigenvalue weighted by Crippen LogP contribution is 2.30. The average Bonchev–Trinajstić information content (AvgIpc) is 2.30. The number of allylic oxidation sites excluding steroid dienone is 2. The molecular weight excluding hydrogens is 180 g/mol. The SMILES string of the molecule is CCC(C)=CC(C)(CC)c1ccccc1. The quantitative estimate of drug-likeness (QED) is 0.620. The van der Waals surface area contributed by atoms with Crippen LogP contribution in [0.2, 0.25) is 0 Å². The van der Waals surface area contributed by atoms with Gasteiger partial charge in [-0.2, -0.15) is 0 Å². The molecule has 0 saturated carbocycles. The molecule has 0 bridgehead atoms. The Labute approximate surface area is 94.0 Å². The maximum Gasteiger partial charge on any atom is 0.0103 e. The molecule has 0 aliphatic carbocycles. The van der Waals surface area contributed by atoms with Gasteiger partial charge >= 0.3 is 0 Å². The second-order valence-corrected chi connectivity index (χ2v) is 4.48. The van der Waals surface area contributed by atoms with Crippen molar-refractivity contribution in [3.63, 3.8) is 0 Å². The first-order valence-corrected chi connectivity index (χ1v) is 5.86. The van der Waals surface area contributed by atoms with Crippen LogP contribution in [0.4, 0.5) is 0 Å². The molecule has 0 saturated heterocycles. The van der Waals surface area contributed by atoms with E-state index in [9.17, 15) is 0 Å². The van der Waals surface area contributed by atoms with E-state index in [1.54, 1.807) is 0 Å². The molecule has 0 aliphatic heterocycles. The zero-order valence-corrected chi connectivity index (χ0v) is 10.4. The van der Waals surface area contributed by atoms with Crippen LogP contribution in [-0.2, 0) is 5.41 Å². The van der Waals surface area contributed by atoms with Crippen molar-refractivity contribution in [2.75, 3.05) is 0 Å². The van der Waals surface area contributed by atoms with Crippen LogP contribution >= 0.6 is 0 Å². The Morgan fingerprint density at radius 3 is 2.27 bits per heavy atom. The summed E-state index contributed by atoms with van der Waals surface area (Å²) in [5.74, 6) is 0. The fraction of sp³-hybridized carbons (Fsp3) is 0.467. The molecule has 0 fully saturated rings. The Morgan fingerprint density at radius 2 is 1.80 bits per heavy atom. The molecule has 0 radical (unpaired) electrons. The van der Waals surface area contributed by atoms with Gasteiger partial charge in [0, 0.05) is 5.41 Å². The lowest BCUT2D eigenvalue weighted by Crippen LogP contribution is -2.18. The Kier molecular flexibility index (Phi) is 4.14. The van der Waals surface area contributed by atoms with Crippen molar-refractivity contribution < 1.29 is 0 Å². The summed E-state index contributed by atoms with van der Waals surface area (Å²) >= 11 is 0. The third-order valence-corrected chi connectivity index (χ3v) is 3.29. The fourth-order valence-corrected chi connectivity index (χ4v) is 1.85. The zero-order chi connectivity index (χ0) is 11.3. The van der Waals surface area contributed by atoms with E-state index in [0.717, 1.165) is 12.8 Å². The lowest BCUT2D eigenvalue weighted by Gasteiger charge is -2.26. The van der Waals surface area contributed by atoms with Gasteiger partial charge in [0.25, 0.3) is 0 Å². The third kappa shape index (κ3) is 2.95. The van der Waals surface area contributed by atoms with Crippen molar-refractivity contribution in [2.45, 2.75) is 46.0 Å². The molecule has 0 heterocycles. The average molecular weight is 202 g/mol. The topological polar surface area (TPSA) is 0 Å². The van der Waals surface area contributed by atoms with Crippen molar-refractivity contribution in [3.05, 3.63) is 47.5 Å². The van der Waals surface area contributed by atoms with Crippen LogP contribution in [0.1, 0.15) is 46.1 Å². The number of hydrogen-bond donors (Lipinski definition) is 0. The molecule has 0 aliphatic rings. The molecule has 1 atom stereocenters. The molecule has 0 nitrogen and oxygen atoms in total. The lowest BCUT2D eigenvalue weighted by molar-refractivity contribution is 0.567. The second kappa shape index (κ2) is 5.16. The Bertz CT molecular complexity index is 321. The van der Waals surface area contributed by atoms with Crippen molar-refractivity contribution in [1.82, 2.24) is 0 Å². The Morgan fingerprint density at radius 1 is 1.20 bits per heavy atom. The van der Waals surface area contributed by atoms with Gasteiger partial charge in [0.2, 0.25) is 0 Å². The highest BCUT2D eigenvalue weighted by molar-refractivity contribution is 5.30. The molecule has 1 aromatic carbocycles. The van der Waals surface area contributed by atoms with E-state index in [4.69, 9.17) is 0 Å². The standard InChI is InChI=1S/C15H22/c1-5-13(3)12-15(4,6-2)14-10-8-7-9-11-14/h7-12H,5-6H2,1-4H3. The van der Waals surface area contributed by atoms with Gasteiger partial charge < -0.3 is 0 Å². The van der Waals surface area contributed by atoms with E-state index < -0.39 is 0 Å². The molecule has 1 unspecified atom stereocenters. The summed E-state index contributed by atoms with van der Waals surface area (Å²) in [5, 5.41) is 0. The van der Waals surface area contributed by atoms with Crippen molar-refractivity contribution in [2.24, 2.45) is 0 Å². The van der Waals surface area contributed by atoms with Crippen LogP contribution in [0.3, 0.4) is 0 Å². The van der Waals surface area contributed by atoms with Gasteiger partial charge in [-0.15, -0.1) is 0 Å². The fourth-order valence-electron chi connectivity index (χ4n) is 1.85. The first-order chi connectivity index (χ1) is 7.12. The number of hydrogen-bond acceptors (Lipinski definition) is 0. The van der Waals surface area contributed by atoms with Crippen molar-refractivity contribution in [1.29, 1.82) is 0 Å². The minimum atomic E-state index is 0.196. The first kappa shape index (κ1) is 12.0. The number of benzene rings is 1. The predicted octanol–water partition coefficient (Wildman–Crippen LogP) is 4.71. The summed E-state index contributed by atoms with van der Waals surface area (Å²) in [5.41, 5.74) is 3.09. The zero-order valence-electron chi connectivity index (χ0n) is 10.4. The molecule has 82 valence electrons. The second-order valence-electron chi connectivity index (χ2n) is 4.48. The van der Waals surface area contributed by atoms with E-state index in [0.29, 0.717) is 0 Å². The maximum atomic E-state index is 2.42. The summed E-state index contributed by atoms with van der Waals surface area (Å²) in [6.07, 6.45) is 4.71. The largest absolute Gasteiger partial charge is 0.0767 e. The monoisotopic (exact) mass is 202 g/mol.